The van der Waals surface area contributed by atoms with Gasteiger partial charge in [-0.05, 0) is 55.3 Å². The van der Waals surface area contributed by atoms with Gasteiger partial charge in [-0.25, -0.2) is 4.79 Å². The number of benzene rings is 1. The Morgan fingerprint density at radius 3 is 2.50 bits per heavy atom. The minimum Gasteiger partial charge on any atom is -0.507 e. The summed E-state index contributed by atoms with van der Waals surface area (Å²) in [6.07, 6.45) is -3.54. The number of amides is 1. The molecule has 0 unspecified atom stereocenters. The van der Waals surface area contributed by atoms with Gasteiger partial charge in [-0.3, -0.25) is 9.78 Å². The number of carbonyl (C=O) groups excluding carboxylic acids is 2. The Morgan fingerprint density at radius 1 is 1.16 bits per heavy atom. The maximum Gasteiger partial charge on any atom is 0.493 e. The normalized spacial score (nSPS) is 13.5. The summed E-state index contributed by atoms with van der Waals surface area (Å²) in [5, 5.41) is 12.6. The quantitative estimate of drug-likeness (QED) is 0.645. The van der Waals surface area contributed by atoms with E-state index in [1.165, 1.54) is 12.3 Å². The molecule has 0 saturated heterocycles. The lowest BCUT2D eigenvalue weighted by Gasteiger charge is -2.17. The lowest BCUT2D eigenvalue weighted by atomic mass is 10.0. The number of aryl methyl sites for hydroxylation is 2. The predicted octanol–water partition coefficient (Wildman–Crippen LogP) is 3.34. The number of pyridine rings is 1. The van der Waals surface area contributed by atoms with Crippen LogP contribution in [-0.4, -0.2) is 39.4 Å². The van der Waals surface area contributed by atoms with E-state index in [0.29, 0.717) is 27.9 Å². The minimum atomic E-state index is -5.20. The molecule has 7 nitrogen and oxygen atoms in total. The first-order valence-electron chi connectivity index (χ1n) is 9.65. The fraction of sp³-hybridized carbons (Fsp3) is 0.227. The Labute approximate surface area is 180 Å². The molecule has 3 aromatic rings. The molecule has 0 aliphatic carbocycles. The van der Waals surface area contributed by atoms with Crippen LogP contribution in [0.15, 0.2) is 36.5 Å². The Kier molecular flexibility index (Phi) is 5.15. The zero-order valence-electron chi connectivity index (χ0n) is 17.1. The lowest BCUT2D eigenvalue weighted by Crippen LogP contribution is -2.37. The molecule has 1 aliphatic rings. The molecule has 0 saturated carbocycles. The van der Waals surface area contributed by atoms with Crippen molar-refractivity contribution >= 4 is 11.9 Å². The highest BCUT2D eigenvalue weighted by Gasteiger charge is 2.43. The van der Waals surface area contributed by atoms with Crippen LogP contribution in [0.1, 0.15) is 27.2 Å². The molecule has 32 heavy (non-hydrogen) atoms. The summed E-state index contributed by atoms with van der Waals surface area (Å²) in [6, 6.07) is 8.01. The fourth-order valence-electron chi connectivity index (χ4n) is 3.65. The smallest absolute Gasteiger partial charge is 0.493 e. The van der Waals surface area contributed by atoms with Crippen molar-refractivity contribution in [1.29, 1.82) is 0 Å². The zero-order valence-corrected chi connectivity index (χ0v) is 17.1. The van der Waals surface area contributed by atoms with E-state index < -0.39 is 18.1 Å². The molecular formula is C22H18F3N3O4. The van der Waals surface area contributed by atoms with Crippen molar-refractivity contribution in [3.63, 3.8) is 0 Å². The Balaban J connectivity index is 1.84. The average molecular weight is 445 g/mol. The first-order valence-corrected chi connectivity index (χ1v) is 9.65. The molecule has 2 aromatic heterocycles. The highest BCUT2D eigenvalue weighted by Crippen LogP contribution is 2.32. The maximum absolute atomic E-state index is 12.9. The molecule has 3 heterocycles. The van der Waals surface area contributed by atoms with E-state index >= 15 is 0 Å². The number of phenolic OH excluding ortho intramolecular Hbond substituents is 1. The van der Waals surface area contributed by atoms with Crippen molar-refractivity contribution in [3.05, 3.63) is 58.9 Å². The number of alkyl halides is 3. The van der Waals surface area contributed by atoms with Crippen molar-refractivity contribution in [2.75, 3.05) is 6.54 Å². The number of carbonyl (C=O) groups is 2. The van der Waals surface area contributed by atoms with Crippen LogP contribution in [0.5, 0.6) is 5.75 Å². The molecule has 0 bridgehead atoms. The van der Waals surface area contributed by atoms with Gasteiger partial charge in [0.15, 0.2) is 0 Å². The Bertz CT molecular complexity index is 1220. The minimum absolute atomic E-state index is 0.112. The average Bonchev–Trinajstić information content (AvgIpc) is 3.11. The maximum atomic E-state index is 12.9. The van der Waals surface area contributed by atoms with E-state index in [1.807, 2.05) is 0 Å². The second-order valence-electron chi connectivity index (χ2n) is 7.46. The van der Waals surface area contributed by atoms with E-state index in [1.54, 1.807) is 38.1 Å². The van der Waals surface area contributed by atoms with Crippen molar-refractivity contribution < 1.29 is 32.7 Å². The van der Waals surface area contributed by atoms with Crippen LogP contribution >= 0.6 is 0 Å². The first-order chi connectivity index (χ1) is 15.1. The third kappa shape index (κ3) is 3.79. The topological polar surface area (TPSA) is 93.5 Å². The summed E-state index contributed by atoms with van der Waals surface area (Å²) < 4.78 is 39.4. The summed E-state index contributed by atoms with van der Waals surface area (Å²) in [4.78, 5) is 32.8. The summed E-state index contributed by atoms with van der Waals surface area (Å²) >= 11 is 0. The number of nitrogens with zero attached hydrogens (tertiary/aromatic N) is 2. The number of nitrogens with one attached hydrogen (secondary N) is 1. The van der Waals surface area contributed by atoms with Crippen LogP contribution in [0.3, 0.4) is 0 Å². The van der Waals surface area contributed by atoms with Gasteiger partial charge in [0.2, 0.25) is 0 Å². The molecule has 1 aliphatic heterocycles. The highest BCUT2D eigenvalue weighted by atomic mass is 19.4. The van der Waals surface area contributed by atoms with Gasteiger partial charge >= 0.3 is 12.1 Å². The number of rotatable bonds is 3. The van der Waals surface area contributed by atoms with E-state index in [-0.39, 0.29) is 35.7 Å². The van der Waals surface area contributed by atoms with Crippen LogP contribution in [0.2, 0.25) is 0 Å². The fourth-order valence-corrected chi connectivity index (χ4v) is 3.65. The van der Waals surface area contributed by atoms with Gasteiger partial charge in [0.05, 0.1) is 22.6 Å². The SMILES string of the molecule is Cc1cc(-c2cc(-c3cc4c(n3OC(=O)C(F)(F)F)CCNC4=O)ccn2)cc(C)c1O. The van der Waals surface area contributed by atoms with Gasteiger partial charge in [0, 0.05) is 30.3 Å². The van der Waals surface area contributed by atoms with Crippen molar-refractivity contribution in [2.24, 2.45) is 0 Å². The summed E-state index contributed by atoms with van der Waals surface area (Å²) in [5.41, 5.74) is 3.28. The first kappa shape index (κ1) is 21.4. The van der Waals surface area contributed by atoms with Gasteiger partial charge in [-0.1, -0.05) is 0 Å². The molecule has 0 spiro atoms. The van der Waals surface area contributed by atoms with Gasteiger partial charge in [-0.15, -0.1) is 0 Å². The van der Waals surface area contributed by atoms with E-state index in [0.717, 1.165) is 4.73 Å². The standard InChI is InChI=1S/C22H18F3N3O4/c1-11-7-14(8-12(2)19(11)29)16-9-13(3-5-26-16)18-10-15-17(4-6-27-20(15)30)28(18)32-21(31)22(23,24)25/h3,5,7-10,29H,4,6H2,1-2H3,(H,27,30). The van der Waals surface area contributed by atoms with Crippen LogP contribution in [-0.2, 0) is 11.2 Å². The molecule has 10 heteroatoms. The number of fused-ring (bicyclic) bond motifs is 1. The second-order valence-corrected chi connectivity index (χ2v) is 7.46. The molecule has 166 valence electrons. The molecule has 0 atom stereocenters. The molecule has 0 fully saturated rings. The third-order valence-electron chi connectivity index (χ3n) is 5.20. The zero-order chi connectivity index (χ0) is 23.2. The monoisotopic (exact) mass is 445 g/mol. The number of aromatic nitrogens is 2. The molecule has 1 amide bonds. The number of halogens is 3. The molecule has 2 N–H and O–H groups in total. The van der Waals surface area contributed by atoms with Crippen molar-refractivity contribution in [2.45, 2.75) is 26.4 Å². The van der Waals surface area contributed by atoms with Crippen LogP contribution in [0.4, 0.5) is 13.2 Å². The van der Waals surface area contributed by atoms with Crippen LogP contribution in [0.25, 0.3) is 22.5 Å². The number of aromatic hydroxyl groups is 1. The molecule has 1 aromatic carbocycles. The van der Waals surface area contributed by atoms with Gasteiger partial charge < -0.3 is 15.3 Å². The van der Waals surface area contributed by atoms with Crippen molar-refractivity contribution in [3.8, 4) is 28.3 Å². The Morgan fingerprint density at radius 2 is 1.84 bits per heavy atom. The van der Waals surface area contributed by atoms with Gasteiger partial charge in [0.25, 0.3) is 5.91 Å². The largest absolute Gasteiger partial charge is 0.507 e. The molecular weight excluding hydrogens is 427 g/mol. The third-order valence-corrected chi connectivity index (χ3v) is 5.20. The lowest BCUT2D eigenvalue weighted by molar-refractivity contribution is -0.199. The second kappa shape index (κ2) is 7.70. The number of hydrogen-bond acceptors (Lipinski definition) is 5. The highest BCUT2D eigenvalue weighted by molar-refractivity contribution is 5.98. The van der Waals surface area contributed by atoms with E-state index in [2.05, 4.69) is 15.1 Å². The molecule has 0 radical (unpaired) electrons. The van der Waals surface area contributed by atoms with E-state index in [4.69, 9.17) is 0 Å². The summed E-state index contributed by atoms with van der Waals surface area (Å²) in [6.45, 7) is 3.68. The molecule has 4 rings (SSSR count). The van der Waals surface area contributed by atoms with Gasteiger partial charge in [-0.2, -0.15) is 17.9 Å². The van der Waals surface area contributed by atoms with Crippen molar-refractivity contribution in [1.82, 2.24) is 15.0 Å². The van der Waals surface area contributed by atoms with Crippen LogP contribution in [0, 0.1) is 13.8 Å². The number of phenols is 1. The van der Waals surface area contributed by atoms with Gasteiger partial charge in [0.1, 0.15) is 5.75 Å². The Hall–Kier alpha value is -3.82. The predicted molar refractivity (Wildman–Crippen MR) is 108 cm³/mol. The van der Waals surface area contributed by atoms with Crippen LogP contribution < -0.4 is 10.2 Å². The summed E-state index contributed by atoms with van der Waals surface area (Å²) in [7, 11) is 0. The number of hydrogen-bond donors (Lipinski definition) is 2. The van der Waals surface area contributed by atoms with E-state index in [9.17, 15) is 27.9 Å². The summed E-state index contributed by atoms with van der Waals surface area (Å²) in [5.74, 6) is -2.69.